The maximum atomic E-state index is 13.6. The summed E-state index contributed by atoms with van der Waals surface area (Å²) in [4.78, 5) is 11.7. The van der Waals surface area contributed by atoms with Crippen LogP contribution < -0.4 is 15.8 Å². The molecule has 0 aliphatic heterocycles. The number of carbonyl (C=O) groups is 1. The number of methoxy groups -OCH3 is 1. The second kappa shape index (κ2) is 7.26. The molecule has 1 unspecified atom stereocenters. The van der Waals surface area contributed by atoms with Crippen molar-refractivity contribution in [2.24, 2.45) is 5.73 Å². The molecule has 0 fully saturated rings. The molecular formula is C15H23FN2O3. The molecule has 0 aliphatic rings. The average molecular weight is 298 g/mol. The SMILES string of the molecule is COc1ccc(CC(CN)NC(=O)OC(C)(C)C)cc1F. The van der Waals surface area contributed by atoms with Gasteiger partial charge < -0.3 is 20.5 Å². The predicted octanol–water partition coefficient (Wildman–Crippen LogP) is 2.23. The number of alkyl carbamates (subject to hydrolysis) is 1. The number of rotatable bonds is 5. The Morgan fingerprint density at radius 2 is 2.10 bits per heavy atom. The maximum Gasteiger partial charge on any atom is 0.407 e. The number of benzene rings is 1. The van der Waals surface area contributed by atoms with Crippen LogP contribution in [0.25, 0.3) is 0 Å². The minimum absolute atomic E-state index is 0.183. The molecule has 0 spiro atoms. The Morgan fingerprint density at radius 1 is 1.43 bits per heavy atom. The van der Waals surface area contributed by atoms with Crippen LogP contribution in [0.15, 0.2) is 18.2 Å². The molecule has 0 saturated heterocycles. The molecule has 0 radical (unpaired) electrons. The van der Waals surface area contributed by atoms with Gasteiger partial charge in [-0.3, -0.25) is 0 Å². The van der Waals surface area contributed by atoms with E-state index >= 15 is 0 Å². The number of amides is 1. The standard InChI is InChI=1S/C15H23FN2O3/c1-15(2,3)21-14(19)18-11(9-17)7-10-5-6-13(20-4)12(16)8-10/h5-6,8,11H,7,9,17H2,1-4H3,(H,18,19). The lowest BCUT2D eigenvalue weighted by atomic mass is 10.1. The first kappa shape index (κ1) is 17.2. The van der Waals surface area contributed by atoms with Crippen LogP contribution in [0.3, 0.4) is 0 Å². The molecule has 0 bridgehead atoms. The molecule has 0 saturated carbocycles. The van der Waals surface area contributed by atoms with Crippen molar-refractivity contribution in [3.8, 4) is 5.75 Å². The van der Waals surface area contributed by atoms with Crippen molar-refractivity contribution in [1.82, 2.24) is 5.32 Å². The molecule has 1 rings (SSSR count). The van der Waals surface area contributed by atoms with E-state index in [1.54, 1.807) is 32.9 Å². The van der Waals surface area contributed by atoms with Crippen LogP contribution in [0, 0.1) is 5.82 Å². The van der Waals surface area contributed by atoms with E-state index in [4.69, 9.17) is 15.2 Å². The highest BCUT2D eigenvalue weighted by Gasteiger charge is 2.19. The number of hydrogen-bond acceptors (Lipinski definition) is 4. The number of nitrogens with two attached hydrogens (primary N) is 1. The summed E-state index contributed by atoms with van der Waals surface area (Å²) >= 11 is 0. The highest BCUT2D eigenvalue weighted by Crippen LogP contribution is 2.18. The van der Waals surface area contributed by atoms with Gasteiger partial charge in [0.25, 0.3) is 0 Å². The van der Waals surface area contributed by atoms with Crippen LogP contribution in [-0.4, -0.2) is 31.4 Å². The van der Waals surface area contributed by atoms with Gasteiger partial charge in [-0.1, -0.05) is 6.07 Å². The molecule has 3 N–H and O–H groups in total. The van der Waals surface area contributed by atoms with Gasteiger partial charge in [-0.05, 0) is 44.9 Å². The van der Waals surface area contributed by atoms with Crippen LogP contribution in [-0.2, 0) is 11.2 Å². The molecule has 21 heavy (non-hydrogen) atoms. The maximum absolute atomic E-state index is 13.6. The van der Waals surface area contributed by atoms with Crippen molar-refractivity contribution >= 4 is 6.09 Å². The molecule has 118 valence electrons. The highest BCUT2D eigenvalue weighted by atomic mass is 19.1. The topological polar surface area (TPSA) is 73.6 Å². The van der Waals surface area contributed by atoms with Crippen LogP contribution in [0.1, 0.15) is 26.3 Å². The molecule has 1 aromatic rings. The highest BCUT2D eigenvalue weighted by molar-refractivity contribution is 5.68. The number of halogens is 1. The van der Waals surface area contributed by atoms with E-state index in [0.717, 1.165) is 5.56 Å². The molecule has 1 atom stereocenters. The van der Waals surface area contributed by atoms with Crippen molar-refractivity contribution in [3.63, 3.8) is 0 Å². The Morgan fingerprint density at radius 3 is 2.57 bits per heavy atom. The molecule has 0 heterocycles. The summed E-state index contributed by atoms with van der Waals surface area (Å²) in [5.74, 6) is -0.258. The van der Waals surface area contributed by atoms with Crippen molar-refractivity contribution in [2.75, 3.05) is 13.7 Å². The first-order valence-electron chi connectivity index (χ1n) is 6.77. The number of ether oxygens (including phenoxy) is 2. The molecule has 5 nitrogen and oxygen atoms in total. The van der Waals surface area contributed by atoms with Crippen LogP contribution in [0.2, 0.25) is 0 Å². The van der Waals surface area contributed by atoms with E-state index < -0.39 is 17.5 Å². The van der Waals surface area contributed by atoms with E-state index in [2.05, 4.69) is 5.32 Å². The lowest BCUT2D eigenvalue weighted by molar-refractivity contribution is 0.0506. The monoisotopic (exact) mass is 298 g/mol. The Bertz CT molecular complexity index is 486. The van der Waals surface area contributed by atoms with Crippen molar-refractivity contribution in [1.29, 1.82) is 0 Å². The zero-order chi connectivity index (χ0) is 16.0. The Hall–Kier alpha value is -1.82. The van der Waals surface area contributed by atoms with Crippen LogP contribution in [0.4, 0.5) is 9.18 Å². The summed E-state index contributed by atoms with van der Waals surface area (Å²) in [6.07, 6.45) is -0.122. The first-order chi connectivity index (χ1) is 9.75. The second-order valence-electron chi connectivity index (χ2n) is 5.75. The van der Waals surface area contributed by atoms with Gasteiger partial charge in [0.2, 0.25) is 0 Å². The Labute approximate surface area is 124 Å². The van der Waals surface area contributed by atoms with E-state index in [0.29, 0.717) is 6.42 Å². The first-order valence-corrected chi connectivity index (χ1v) is 6.77. The zero-order valence-corrected chi connectivity index (χ0v) is 12.9. The molecule has 1 aromatic carbocycles. The third-order valence-corrected chi connectivity index (χ3v) is 2.70. The lowest BCUT2D eigenvalue weighted by Gasteiger charge is -2.23. The van der Waals surface area contributed by atoms with Gasteiger partial charge in [0.05, 0.1) is 7.11 Å². The molecule has 0 aromatic heterocycles. The normalized spacial score (nSPS) is 12.7. The summed E-state index contributed by atoms with van der Waals surface area (Å²) in [5, 5.41) is 2.68. The van der Waals surface area contributed by atoms with E-state index in [9.17, 15) is 9.18 Å². The largest absolute Gasteiger partial charge is 0.494 e. The van der Waals surface area contributed by atoms with Gasteiger partial charge in [0.1, 0.15) is 5.60 Å². The number of hydrogen-bond donors (Lipinski definition) is 2. The fourth-order valence-electron chi connectivity index (χ4n) is 1.79. The number of nitrogens with one attached hydrogen (secondary N) is 1. The van der Waals surface area contributed by atoms with Crippen molar-refractivity contribution < 1.29 is 18.7 Å². The molecule has 6 heteroatoms. The fourth-order valence-corrected chi connectivity index (χ4v) is 1.79. The molecule has 0 aliphatic carbocycles. The van der Waals surface area contributed by atoms with Crippen molar-refractivity contribution in [3.05, 3.63) is 29.6 Å². The van der Waals surface area contributed by atoms with E-state index in [1.807, 2.05) is 0 Å². The summed E-state index contributed by atoms with van der Waals surface area (Å²) in [7, 11) is 1.41. The van der Waals surface area contributed by atoms with Gasteiger partial charge >= 0.3 is 6.09 Å². The molecular weight excluding hydrogens is 275 g/mol. The van der Waals surface area contributed by atoms with Crippen LogP contribution in [0.5, 0.6) is 5.75 Å². The predicted molar refractivity (Wildman–Crippen MR) is 78.9 cm³/mol. The van der Waals surface area contributed by atoms with Gasteiger partial charge in [-0.2, -0.15) is 0 Å². The van der Waals surface area contributed by atoms with Gasteiger partial charge in [0, 0.05) is 12.6 Å². The third-order valence-electron chi connectivity index (χ3n) is 2.70. The minimum Gasteiger partial charge on any atom is -0.494 e. The smallest absolute Gasteiger partial charge is 0.407 e. The Balaban J connectivity index is 2.66. The summed E-state index contributed by atoms with van der Waals surface area (Å²) in [6, 6.07) is 4.33. The third kappa shape index (κ3) is 5.99. The van der Waals surface area contributed by atoms with E-state index in [-0.39, 0.29) is 18.3 Å². The van der Waals surface area contributed by atoms with Gasteiger partial charge in [-0.15, -0.1) is 0 Å². The zero-order valence-electron chi connectivity index (χ0n) is 12.9. The fraction of sp³-hybridized carbons (Fsp3) is 0.533. The number of carbonyl (C=O) groups excluding carboxylic acids is 1. The minimum atomic E-state index is -0.574. The van der Waals surface area contributed by atoms with Crippen LogP contribution >= 0.6 is 0 Å². The Kier molecular flexibility index (Phi) is 5.96. The summed E-state index contributed by atoms with van der Waals surface area (Å²) in [6.45, 7) is 5.57. The van der Waals surface area contributed by atoms with Gasteiger partial charge in [-0.25, -0.2) is 9.18 Å². The van der Waals surface area contributed by atoms with E-state index in [1.165, 1.54) is 13.2 Å². The second-order valence-corrected chi connectivity index (χ2v) is 5.75. The molecule has 1 amide bonds. The summed E-state index contributed by atoms with van der Waals surface area (Å²) in [5.41, 5.74) is 5.79. The summed E-state index contributed by atoms with van der Waals surface area (Å²) < 4.78 is 23.7. The quantitative estimate of drug-likeness (QED) is 0.874. The van der Waals surface area contributed by atoms with Crippen molar-refractivity contribution in [2.45, 2.75) is 38.8 Å². The van der Waals surface area contributed by atoms with Gasteiger partial charge in [0.15, 0.2) is 11.6 Å². The lowest BCUT2D eigenvalue weighted by Crippen LogP contribution is -2.44. The average Bonchev–Trinajstić information content (AvgIpc) is 2.36.